The van der Waals surface area contributed by atoms with E-state index in [1.807, 2.05) is 0 Å². The Morgan fingerprint density at radius 1 is 1.50 bits per heavy atom. The summed E-state index contributed by atoms with van der Waals surface area (Å²) in [5.74, 6) is -1.02. The number of carbonyl (C=O) groups excluding carboxylic acids is 1. The lowest BCUT2D eigenvalue weighted by Gasteiger charge is -1.93. The van der Waals surface area contributed by atoms with Gasteiger partial charge in [0, 0.05) is 6.08 Å². The standard InChI is InChI=1S/C10H7NO3/c12-7-11-9-3-1-2-8(6-9)4-5-10(13)14/h1-6H,(H,13,14). The minimum atomic E-state index is -1.02. The van der Waals surface area contributed by atoms with Crippen molar-refractivity contribution in [2.24, 2.45) is 4.99 Å². The molecule has 0 aliphatic carbocycles. The van der Waals surface area contributed by atoms with Crippen molar-refractivity contribution in [1.82, 2.24) is 0 Å². The SMILES string of the molecule is O=C=Nc1cccc(C=CC(=O)O)c1. The van der Waals surface area contributed by atoms with Crippen LogP contribution in [0, 0.1) is 0 Å². The average molecular weight is 189 g/mol. The van der Waals surface area contributed by atoms with E-state index in [4.69, 9.17) is 5.11 Å². The molecule has 14 heavy (non-hydrogen) atoms. The molecule has 4 heteroatoms. The Bertz CT molecular complexity index is 417. The van der Waals surface area contributed by atoms with Gasteiger partial charge in [0.25, 0.3) is 0 Å². The zero-order valence-corrected chi connectivity index (χ0v) is 7.18. The fourth-order valence-corrected chi connectivity index (χ4v) is 0.918. The molecule has 0 heterocycles. The Balaban J connectivity index is 2.94. The van der Waals surface area contributed by atoms with Gasteiger partial charge in [-0.1, -0.05) is 12.1 Å². The molecule has 0 saturated heterocycles. The number of carboxylic acids is 1. The zero-order chi connectivity index (χ0) is 10.4. The Labute approximate surface area is 80.2 Å². The molecule has 0 fully saturated rings. The van der Waals surface area contributed by atoms with Crippen LogP contribution in [0.15, 0.2) is 35.3 Å². The molecule has 70 valence electrons. The third-order valence-corrected chi connectivity index (χ3v) is 1.46. The summed E-state index contributed by atoms with van der Waals surface area (Å²) >= 11 is 0. The van der Waals surface area contributed by atoms with Crippen LogP contribution in [0.3, 0.4) is 0 Å². The number of nitrogens with zero attached hydrogens (tertiary/aromatic N) is 1. The molecule has 4 nitrogen and oxygen atoms in total. The van der Waals surface area contributed by atoms with Crippen molar-refractivity contribution >= 4 is 23.8 Å². The minimum absolute atomic E-state index is 0.451. The molecule has 0 spiro atoms. The number of isocyanates is 1. The summed E-state index contributed by atoms with van der Waals surface area (Å²) in [6.07, 6.45) is 3.85. The van der Waals surface area contributed by atoms with E-state index in [0.29, 0.717) is 11.3 Å². The summed E-state index contributed by atoms with van der Waals surface area (Å²) in [6.45, 7) is 0. The molecule has 0 aliphatic rings. The number of aliphatic imine (C=N–C) groups is 1. The monoisotopic (exact) mass is 189 g/mol. The lowest BCUT2D eigenvalue weighted by Crippen LogP contribution is -1.85. The summed E-state index contributed by atoms with van der Waals surface area (Å²) in [6, 6.07) is 6.61. The van der Waals surface area contributed by atoms with E-state index >= 15 is 0 Å². The normalized spacial score (nSPS) is 9.71. The fourth-order valence-electron chi connectivity index (χ4n) is 0.918. The van der Waals surface area contributed by atoms with Crippen LogP contribution in [-0.4, -0.2) is 17.2 Å². The van der Waals surface area contributed by atoms with Gasteiger partial charge in [-0.15, -0.1) is 0 Å². The van der Waals surface area contributed by atoms with E-state index in [1.54, 1.807) is 24.3 Å². The quantitative estimate of drug-likeness (QED) is 0.447. The highest BCUT2D eigenvalue weighted by Crippen LogP contribution is 2.14. The van der Waals surface area contributed by atoms with Crippen LogP contribution >= 0.6 is 0 Å². The van der Waals surface area contributed by atoms with Gasteiger partial charge in [-0.25, -0.2) is 9.59 Å². The second-order valence-electron chi connectivity index (χ2n) is 2.47. The van der Waals surface area contributed by atoms with E-state index in [-0.39, 0.29) is 0 Å². The minimum Gasteiger partial charge on any atom is -0.478 e. The number of carbonyl (C=O) groups is 1. The van der Waals surface area contributed by atoms with Crippen molar-refractivity contribution < 1.29 is 14.7 Å². The molecule has 1 aromatic rings. The molecular formula is C10H7NO3. The summed E-state index contributed by atoms with van der Waals surface area (Å²) in [5.41, 5.74) is 1.12. The van der Waals surface area contributed by atoms with Gasteiger partial charge in [0.15, 0.2) is 0 Å². The van der Waals surface area contributed by atoms with Crippen LogP contribution in [0.5, 0.6) is 0 Å². The van der Waals surface area contributed by atoms with Gasteiger partial charge >= 0.3 is 5.97 Å². The number of carboxylic acid groups (broad SMARTS) is 1. The molecule has 1 rings (SSSR count). The van der Waals surface area contributed by atoms with Gasteiger partial charge in [-0.2, -0.15) is 4.99 Å². The highest BCUT2D eigenvalue weighted by Gasteiger charge is 1.91. The smallest absolute Gasteiger partial charge is 0.328 e. The molecule has 0 saturated carbocycles. The van der Waals surface area contributed by atoms with E-state index in [0.717, 1.165) is 6.08 Å². The van der Waals surface area contributed by atoms with Gasteiger partial charge in [-0.3, -0.25) is 0 Å². The third-order valence-electron chi connectivity index (χ3n) is 1.46. The molecule has 1 aromatic carbocycles. The maximum absolute atomic E-state index is 10.2. The van der Waals surface area contributed by atoms with Gasteiger partial charge in [0.05, 0.1) is 5.69 Å². The number of benzene rings is 1. The first kappa shape index (κ1) is 9.89. The van der Waals surface area contributed by atoms with Gasteiger partial charge < -0.3 is 5.11 Å². The molecule has 0 radical (unpaired) electrons. The summed E-state index contributed by atoms with van der Waals surface area (Å²) in [4.78, 5) is 23.6. The van der Waals surface area contributed by atoms with Gasteiger partial charge in [0.2, 0.25) is 6.08 Å². The van der Waals surface area contributed by atoms with Crippen molar-refractivity contribution in [3.8, 4) is 0 Å². The van der Waals surface area contributed by atoms with Crippen LogP contribution in [0.2, 0.25) is 0 Å². The van der Waals surface area contributed by atoms with E-state index in [9.17, 15) is 9.59 Å². The topological polar surface area (TPSA) is 66.7 Å². The molecule has 0 bridgehead atoms. The predicted octanol–water partition coefficient (Wildman–Crippen LogP) is 1.75. The molecule has 0 aliphatic heterocycles. The van der Waals surface area contributed by atoms with Gasteiger partial charge in [-0.05, 0) is 23.8 Å². The van der Waals surface area contributed by atoms with Crippen molar-refractivity contribution in [1.29, 1.82) is 0 Å². The highest BCUT2D eigenvalue weighted by molar-refractivity contribution is 5.85. The van der Waals surface area contributed by atoms with E-state index < -0.39 is 5.97 Å². The van der Waals surface area contributed by atoms with Crippen molar-refractivity contribution in [3.05, 3.63) is 35.9 Å². The number of rotatable bonds is 3. The molecule has 1 N–H and O–H groups in total. The highest BCUT2D eigenvalue weighted by atomic mass is 16.4. The van der Waals surface area contributed by atoms with Crippen molar-refractivity contribution in [2.45, 2.75) is 0 Å². The maximum Gasteiger partial charge on any atom is 0.328 e. The Hall–Kier alpha value is -2.19. The maximum atomic E-state index is 10.2. The summed E-state index contributed by atoms with van der Waals surface area (Å²) in [7, 11) is 0. The van der Waals surface area contributed by atoms with Crippen LogP contribution in [0.1, 0.15) is 5.56 Å². The lowest BCUT2D eigenvalue weighted by molar-refractivity contribution is -0.131. The first-order chi connectivity index (χ1) is 6.72. The van der Waals surface area contributed by atoms with Crippen molar-refractivity contribution in [3.63, 3.8) is 0 Å². The molecular weight excluding hydrogens is 182 g/mol. The first-order valence-electron chi connectivity index (χ1n) is 3.81. The fraction of sp³-hybridized carbons (Fsp3) is 0. The lowest BCUT2D eigenvalue weighted by atomic mass is 10.2. The van der Waals surface area contributed by atoms with E-state index in [2.05, 4.69) is 4.99 Å². The Morgan fingerprint density at radius 2 is 2.29 bits per heavy atom. The second kappa shape index (κ2) is 4.74. The predicted molar refractivity (Wildman–Crippen MR) is 50.9 cm³/mol. The number of aliphatic carboxylic acids is 1. The van der Waals surface area contributed by atoms with Crippen LogP contribution in [0.25, 0.3) is 6.08 Å². The van der Waals surface area contributed by atoms with E-state index in [1.165, 1.54) is 12.2 Å². The van der Waals surface area contributed by atoms with Crippen LogP contribution in [-0.2, 0) is 9.59 Å². The van der Waals surface area contributed by atoms with Gasteiger partial charge in [0.1, 0.15) is 0 Å². The Morgan fingerprint density at radius 3 is 2.93 bits per heavy atom. The zero-order valence-electron chi connectivity index (χ0n) is 7.18. The summed E-state index contributed by atoms with van der Waals surface area (Å²) < 4.78 is 0. The molecule has 0 amide bonds. The van der Waals surface area contributed by atoms with Crippen molar-refractivity contribution in [2.75, 3.05) is 0 Å². The molecule has 0 aromatic heterocycles. The molecule has 0 atom stereocenters. The second-order valence-corrected chi connectivity index (χ2v) is 2.47. The first-order valence-corrected chi connectivity index (χ1v) is 3.81. The largest absolute Gasteiger partial charge is 0.478 e. The number of hydrogen-bond acceptors (Lipinski definition) is 3. The summed E-state index contributed by atoms with van der Waals surface area (Å²) in [5, 5.41) is 8.37. The average Bonchev–Trinajstić information content (AvgIpc) is 2.16. The molecule has 0 unspecified atom stereocenters. The number of hydrogen-bond donors (Lipinski definition) is 1. The van der Waals surface area contributed by atoms with Crippen LogP contribution in [0.4, 0.5) is 5.69 Å². The Kier molecular flexibility index (Phi) is 3.35. The van der Waals surface area contributed by atoms with Crippen LogP contribution < -0.4 is 0 Å². The third kappa shape index (κ3) is 3.05.